The van der Waals surface area contributed by atoms with Gasteiger partial charge in [-0.05, 0) is 74.5 Å². The van der Waals surface area contributed by atoms with Gasteiger partial charge in [0.05, 0.1) is 16.5 Å². The number of nitrogens with zero attached hydrogens (tertiary/aromatic N) is 5. The monoisotopic (exact) mass is 506 g/mol. The van der Waals surface area contributed by atoms with Crippen LogP contribution in [0.4, 0.5) is 16.2 Å². The molecule has 1 N–H and O–H groups in total. The van der Waals surface area contributed by atoms with E-state index in [2.05, 4.69) is 52.1 Å². The lowest BCUT2D eigenvalue weighted by atomic mass is 9.91. The van der Waals surface area contributed by atoms with E-state index in [1.807, 2.05) is 25.4 Å². The summed E-state index contributed by atoms with van der Waals surface area (Å²) in [6.07, 6.45) is 7.21. The second-order valence-electron chi connectivity index (χ2n) is 9.98. The van der Waals surface area contributed by atoms with E-state index in [9.17, 15) is 9.18 Å². The van der Waals surface area contributed by atoms with Gasteiger partial charge in [0.1, 0.15) is 11.5 Å². The van der Waals surface area contributed by atoms with Gasteiger partial charge in [-0.2, -0.15) is 0 Å². The average Bonchev–Trinajstić information content (AvgIpc) is 3.20. The van der Waals surface area contributed by atoms with Crippen molar-refractivity contribution in [1.82, 2.24) is 24.4 Å². The molecule has 4 aromatic heterocycles. The lowest BCUT2D eigenvalue weighted by Crippen LogP contribution is -2.29. The van der Waals surface area contributed by atoms with Crippen molar-refractivity contribution in [3.63, 3.8) is 0 Å². The summed E-state index contributed by atoms with van der Waals surface area (Å²) in [5.74, 6) is 1.09. The molecule has 0 spiro atoms. The molecule has 0 atom stereocenters. The number of thiophene rings is 1. The molecule has 0 aliphatic carbocycles. The molecule has 36 heavy (non-hydrogen) atoms. The Kier molecular flexibility index (Phi) is 6.61. The van der Waals surface area contributed by atoms with Gasteiger partial charge in [-0.3, -0.25) is 4.79 Å². The maximum absolute atomic E-state index is 15.0. The van der Waals surface area contributed by atoms with Crippen molar-refractivity contribution in [3.8, 4) is 10.6 Å². The third kappa shape index (κ3) is 4.53. The van der Waals surface area contributed by atoms with Crippen molar-refractivity contribution in [2.45, 2.75) is 45.4 Å². The Labute approximate surface area is 214 Å². The molecule has 5 heterocycles. The molecule has 1 saturated heterocycles. The normalized spacial score (nSPS) is 15.2. The fourth-order valence-electron chi connectivity index (χ4n) is 4.88. The Morgan fingerprint density at radius 3 is 2.56 bits per heavy atom. The first-order valence-corrected chi connectivity index (χ1v) is 13.1. The molecule has 7 nitrogen and oxygen atoms in total. The van der Waals surface area contributed by atoms with E-state index < -0.39 is 5.82 Å². The fourth-order valence-corrected chi connectivity index (χ4v) is 6.33. The van der Waals surface area contributed by atoms with E-state index in [0.717, 1.165) is 41.8 Å². The lowest BCUT2D eigenvalue weighted by Gasteiger charge is -2.29. The molecule has 0 bridgehead atoms. The number of halogens is 1. The zero-order valence-corrected chi connectivity index (χ0v) is 22.1. The maximum atomic E-state index is 15.0. The van der Waals surface area contributed by atoms with Crippen LogP contribution in [0.25, 0.3) is 20.7 Å². The molecule has 1 fully saturated rings. The van der Waals surface area contributed by atoms with Gasteiger partial charge in [0.15, 0.2) is 5.82 Å². The van der Waals surface area contributed by atoms with Crippen LogP contribution in [0.5, 0.6) is 0 Å². The Morgan fingerprint density at radius 1 is 1.14 bits per heavy atom. The highest BCUT2D eigenvalue weighted by molar-refractivity contribution is 7.22. The fraction of sp³-hybridized carbons (Fsp3) is 0.407. The molecule has 1 aliphatic rings. The second-order valence-corrected chi connectivity index (χ2v) is 11.0. The van der Waals surface area contributed by atoms with Crippen LogP contribution in [-0.2, 0) is 7.05 Å². The molecule has 1 aliphatic heterocycles. The molecule has 0 unspecified atom stereocenters. The molecule has 188 valence electrons. The number of pyridine rings is 2. The molecule has 9 heteroatoms. The molecule has 0 amide bonds. The molecule has 0 aromatic carbocycles. The van der Waals surface area contributed by atoms with Crippen LogP contribution in [0.15, 0.2) is 35.5 Å². The highest BCUT2D eigenvalue weighted by Gasteiger charge is 2.22. The minimum absolute atomic E-state index is 0.0869. The zero-order chi connectivity index (χ0) is 25.6. The van der Waals surface area contributed by atoms with E-state index in [1.54, 1.807) is 11.6 Å². The molecular weight excluding hydrogens is 475 g/mol. The number of hydrogen-bond acceptors (Lipinski definition) is 7. The Morgan fingerprint density at radius 2 is 1.89 bits per heavy atom. The Hall–Kier alpha value is -3.17. The van der Waals surface area contributed by atoms with Crippen LogP contribution in [0.3, 0.4) is 0 Å². The molecule has 5 rings (SSSR count). The van der Waals surface area contributed by atoms with Crippen molar-refractivity contribution in [3.05, 3.63) is 63.6 Å². The third-order valence-electron chi connectivity index (χ3n) is 7.07. The van der Waals surface area contributed by atoms with Gasteiger partial charge < -0.3 is 14.8 Å². The molecule has 0 saturated carbocycles. The zero-order valence-electron chi connectivity index (χ0n) is 21.3. The topological polar surface area (TPSA) is 75.9 Å². The quantitative estimate of drug-likeness (QED) is 0.381. The summed E-state index contributed by atoms with van der Waals surface area (Å²) in [6.45, 7) is 8.23. The molecular formula is C27H31FN6OS. The van der Waals surface area contributed by atoms with Gasteiger partial charge in [-0.1, -0.05) is 19.9 Å². The highest BCUT2D eigenvalue weighted by Crippen LogP contribution is 2.40. The van der Waals surface area contributed by atoms with E-state index in [-0.39, 0.29) is 23.1 Å². The SMILES string of the molecule is Cc1c(-c2nc(Nc3ccc(C4CCN(C)CC4)cn3)ncc2F)sc2c(C(C)C)cn(C)c(=O)c12. The van der Waals surface area contributed by atoms with Gasteiger partial charge in [0.25, 0.3) is 5.56 Å². The third-order valence-corrected chi connectivity index (χ3v) is 8.42. The van der Waals surface area contributed by atoms with Gasteiger partial charge >= 0.3 is 0 Å². The predicted octanol–water partition coefficient (Wildman–Crippen LogP) is 5.58. The van der Waals surface area contributed by atoms with Crippen molar-refractivity contribution >= 4 is 33.2 Å². The van der Waals surface area contributed by atoms with Gasteiger partial charge in [-0.15, -0.1) is 11.3 Å². The number of anilines is 2. The lowest BCUT2D eigenvalue weighted by molar-refractivity contribution is 0.255. The number of fused-ring (bicyclic) bond motifs is 1. The summed E-state index contributed by atoms with van der Waals surface area (Å²) in [7, 11) is 3.91. The Balaban J connectivity index is 1.46. The first kappa shape index (κ1) is 24.5. The number of hydrogen-bond donors (Lipinski definition) is 1. The van der Waals surface area contributed by atoms with Crippen molar-refractivity contribution in [2.75, 3.05) is 25.5 Å². The number of aromatic nitrogens is 4. The van der Waals surface area contributed by atoms with E-state index in [1.165, 1.54) is 23.1 Å². The summed E-state index contributed by atoms with van der Waals surface area (Å²) < 4.78 is 17.5. The van der Waals surface area contributed by atoms with Crippen LogP contribution in [0.1, 0.15) is 55.2 Å². The number of piperidine rings is 1. The number of rotatable bonds is 5. The standard InChI is InChI=1S/C27H31FN6OS/c1-15(2)19-14-34(5)26(35)22-16(3)24(36-25(19)22)23-20(28)13-30-27(32-23)31-21-7-6-18(12-29-21)17-8-10-33(4)11-9-17/h6-7,12-15,17H,8-11H2,1-5H3,(H,29,30,31,32). The summed E-state index contributed by atoms with van der Waals surface area (Å²) in [5, 5.41) is 3.74. The van der Waals surface area contributed by atoms with E-state index in [4.69, 9.17) is 0 Å². The van der Waals surface area contributed by atoms with Crippen LogP contribution < -0.4 is 10.9 Å². The summed E-state index contributed by atoms with van der Waals surface area (Å²) in [6, 6.07) is 4.01. The van der Waals surface area contributed by atoms with Gasteiger partial charge in [0.2, 0.25) is 5.95 Å². The van der Waals surface area contributed by atoms with Crippen LogP contribution >= 0.6 is 11.3 Å². The predicted molar refractivity (Wildman–Crippen MR) is 144 cm³/mol. The van der Waals surface area contributed by atoms with E-state index in [0.29, 0.717) is 22.0 Å². The van der Waals surface area contributed by atoms with Crippen molar-refractivity contribution < 1.29 is 4.39 Å². The van der Waals surface area contributed by atoms with Crippen molar-refractivity contribution in [2.24, 2.45) is 7.05 Å². The molecule has 0 radical (unpaired) electrons. The number of nitrogens with one attached hydrogen (secondary N) is 1. The first-order chi connectivity index (χ1) is 17.2. The van der Waals surface area contributed by atoms with Crippen molar-refractivity contribution in [1.29, 1.82) is 0 Å². The minimum atomic E-state index is -0.524. The number of likely N-dealkylation sites (tertiary alicyclic amines) is 1. The van der Waals surface area contributed by atoms with Gasteiger partial charge in [-0.25, -0.2) is 19.3 Å². The summed E-state index contributed by atoms with van der Waals surface area (Å²) in [4.78, 5) is 29.1. The summed E-state index contributed by atoms with van der Waals surface area (Å²) >= 11 is 1.41. The minimum Gasteiger partial charge on any atom is -0.318 e. The largest absolute Gasteiger partial charge is 0.318 e. The summed E-state index contributed by atoms with van der Waals surface area (Å²) in [5.41, 5.74) is 3.13. The smallest absolute Gasteiger partial charge is 0.259 e. The van der Waals surface area contributed by atoms with Crippen LogP contribution in [-0.4, -0.2) is 44.6 Å². The number of aryl methyl sites for hydroxylation is 2. The second kappa shape index (κ2) is 9.71. The first-order valence-electron chi connectivity index (χ1n) is 12.3. The van der Waals surface area contributed by atoms with Gasteiger partial charge in [0, 0.05) is 24.1 Å². The van der Waals surface area contributed by atoms with Crippen LogP contribution in [0.2, 0.25) is 0 Å². The molecule has 4 aromatic rings. The van der Waals surface area contributed by atoms with Crippen LogP contribution in [0, 0.1) is 12.7 Å². The average molecular weight is 507 g/mol. The Bertz CT molecular complexity index is 1470. The highest BCUT2D eigenvalue weighted by atomic mass is 32.1. The maximum Gasteiger partial charge on any atom is 0.259 e. The van der Waals surface area contributed by atoms with E-state index >= 15 is 0 Å².